The van der Waals surface area contributed by atoms with E-state index in [0.717, 1.165) is 0 Å². The summed E-state index contributed by atoms with van der Waals surface area (Å²) in [6.45, 7) is 6.05. The van der Waals surface area contributed by atoms with Gasteiger partial charge >= 0.3 is 0 Å². The lowest BCUT2D eigenvalue weighted by molar-refractivity contribution is 0.253. The second-order valence-corrected chi connectivity index (χ2v) is 4.89. The fourth-order valence-electron chi connectivity index (χ4n) is 1.25. The molecule has 98 valence electrons. The van der Waals surface area contributed by atoms with Crippen molar-refractivity contribution in [3.05, 3.63) is 24.5 Å². The topological polar surface area (TPSA) is 90.7 Å². The van der Waals surface area contributed by atoms with Crippen LogP contribution in [0.5, 0.6) is 0 Å². The highest BCUT2D eigenvalue weighted by molar-refractivity contribution is 5.85. The molecule has 0 aromatic carbocycles. The summed E-state index contributed by atoms with van der Waals surface area (Å²) >= 11 is 0. The van der Waals surface area contributed by atoms with Crippen LogP contribution in [0, 0.1) is 5.41 Å². The highest BCUT2D eigenvalue weighted by Gasteiger charge is 2.27. The third kappa shape index (κ3) is 3.02. The summed E-state index contributed by atoms with van der Waals surface area (Å²) in [6.07, 6.45) is 4.75. The smallest absolute Gasteiger partial charge is 0.244 e. The molecule has 0 aliphatic heterocycles. The van der Waals surface area contributed by atoms with Crippen LogP contribution < -0.4 is 5.73 Å². The summed E-state index contributed by atoms with van der Waals surface area (Å²) in [5.41, 5.74) is 6.47. The van der Waals surface area contributed by atoms with Crippen molar-refractivity contribution < 1.29 is 4.52 Å². The van der Waals surface area contributed by atoms with Crippen molar-refractivity contribution in [3.8, 4) is 11.5 Å². The predicted octanol–water partition coefficient (Wildman–Crippen LogP) is 1.99. The van der Waals surface area contributed by atoms with Gasteiger partial charge in [-0.3, -0.25) is 4.98 Å². The number of nitrogens with zero attached hydrogens (tertiary/aromatic N) is 4. The molecule has 0 unspecified atom stereocenters. The molecule has 0 aliphatic rings. The first-order valence-electron chi connectivity index (χ1n) is 5.34. The van der Waals surface area contributed by atoms with Gasteiger partial charge in [-0.1, -0.05) is 25.9 Å². The number of hydrogen-bond donors (Lipinski definition) is 1. The minimum Gasteiger partial charge on any atom is -0.337 e. The molecule has 7 heteroatoms. The molecule has 0 aliphatic carbocycles. The summed E-state index contributed by atoms with van der Waals surface area (Å²) in [6, 6.07) is -0.305. The molecule has 0 spiro atoms. The fourth-order valence-corrected chi connectivity index (χ4v) is 1.25. The molecule has 2 N–H and O–H groups in total. The molecule has 2 heterocycles. The molecular weight excluding hydrogens is 254 g/mol. The Bertz CT molecular complexity index is 494. The van der Waals surface area contributed by atoms with Crippen molar-refractivity contribution in [2.24, 2.45) is 11.1 Å². The van der Waals surface area contributed by atoms with E-state index in [-0.39, 0.29) is 23.9 Å². The zero-order valence-corrected chi connectivity index (χ0v) is 11.3. The third-order valence-electron chi connectivity index (χ3n) is 2.43. The SMILES string of the molecule is CC(C)(C)[C@H](N)c1nc(-c2cnccn2)no1.Cl. The quantitative estimate of drug-likeness (QED) is 0.897. The molecule has 0 bridgehead atoms. The second-order valence-electron chi connectivity index (χ2n) is 4.89. The number of hydrogen-bond acceptors (Lipinski definition) is 6. The molecule has 1 atom stereocenters. The Hall–Kier alpha value is -1.53. The van der Waals surface area contributed by atoms with Gasteiger partial charge < -0.3 is 10.3 Å². The fraction of sp³-hybridized carbons (Fsp3) is 0.455. The van der Waals surface area contributed by atoms with E-state index in [1.807, 2.05) is 20.8 Å². The van der Waals surface area contributed by atoms with E-state index < -0.39 is 0 Å². The Morgan fingerprint density at radius 3 is 2.56 bits per heavy atom. The first-order valence-corrected chi connectivity index (χ1v) is 5.34. The van der Waals surface area contributed by atoms with Gasteiger partial charge in [0, 0.05) is 12.4 Å². The average Bonchev–Trinajstić information content (AvgIpc) is 2.77. The summed E-state index contributed by atoms with van der Waals surface area (Å²) in [7, 11) is 0. The molecule has 0 amide bonds. The van der Waals surface area contributed by atoms with Gasteiger partial charge in [0.2, 0.25) is 11.7 Å². The van der Waals surface area contributed by atoms with Gasteiger partial charge in [-0.25, -0.2) is 4.98 Å². The molecule has 0 fully saturated rings. The van der Waals surface area contributed by atoms with Crippen LogP contribution in [0.25, 0.3) is 11.5 Å². The maximum absolute atomic E-state index is 6.03. The lowest BCUT2D eigenvalue weighted by Crippen LogP contribution is -2.26. The molecule has 2 aromatic heterocycles. The van der Waals surface area contributed by atoms with Crippen LogP contribution in [0.15, 0.2) is 23.1 Å². The van der Waals surface area contributed by atoms with Gasteiger partial charge in [0.05, 0.1) is 12.2 Å². The molecule has 0 radical (unpaired) electrons. The lowest BCUT2D eigenvalue weighted by Gasteiger charge is -2.23. The summed E-state index contributed by atoms with van der Waals surface area (Å²) in [4.78, 5) is 12.3. The second kappa shape index (κ2) is 5.41. The summed E-state index contributed by atoms with van der Waals surface area (Å²) < 4.78 is 5.15. The Labute approximate surface area is 111 Å². The van der Waals surface area contributed by atoms with E-state index in [1.165, 1.54) is 0 Å². The van der Waals surface area contributed by atoms with Crippen LogP contribution in [-0.4, -0.2) is 20.1 Å². The van der Waals surface area contributed by atoms with Gasteiger partial charge in [0.25, 0.3) is 0 Å². The van der Waals surface area contributed by atoms with Crippen LogP contribution >= 0.6 is 12.4 Å². The first-order chi connectivity index (χ1) is 7.98. The zero-order chi connectivity index (χ0) is 12.5. The molecule has 2 aromatic rings. The number of aromatic nitrogens is 4. The Morgan fingerprint density at radius 1 is 1.28 bits per heavy atom. The highest BCUT2D eigenvalue weighted by atomic mass is 35.5. The number of nitrogens with two attached hydrogens (primary N) is 1. The van der Waals surface area contributed by atoms with Crippen molar-refractivity contribution >= 4 is 12.4 Å². The van der Waals surface area contributed by atoms with E-state index in [0.29, 0.717) is 17.4 Å². The highest BCUT2D eigenvalue weighted by Crippen LogP contribution is 2.29. The monoisotopic (exact) mass is 269 g/mol. The standard InChI is InChI=1S/C11H15N5O.ClH/c1-11(2,3)8(12)10-15-9(16-17-10)7-6-13-4-5-14-7;/h4-6,8H,12H2,1-3H3;1H/t8-;/m1./s1. The van der Waals surface area contributed by atoms with Gasteiger partial charge in [0.15, 0.2) is 0 Å². The molecule has 0 saturated heterocycles. The van der Waals surface area contributed by atoms with Gasteiger partial charge in [-0.05, 0) is 5.41 Å². The Morgan fingerprint density at radius 2 is 2.00 bits per heavy atom. The minimum absolute atomic E-state index is 0. The van der Waals surface area contributed by atoms with Crippen molar-refractivity contribution in [3.63, 3.8) is 0 Å². The van der Waals surface area contributed by atoms with Crippen LogP contribution in [-0.2, 0) is 0 Å². The van der Waals surface area contributed by atoms with Gasteiger partial charge in [-0.15, -0.1) is 12.4 Å². The van der Waals surface area contributed by atoms with Crippen molar-refractivity contribution in [2.45, 2.75) is 26.8 Å². The van der Waals surface area contributed by atoms with E-state index in [9.17, 15) is 0 Å². The van der Waals surface area contributed by atoms with Gasteiger partial charge in [-0.2, -0.15) is 4.98 Å². The molecule has 18 heavy (non-hydrogen) atoms. The normalized spacial score (nSPS) is 12.9. The molecule has 0 saturated carbocycles. The minimum atomic E-state index is -0.305. The predicted molar refractivity (Wildman–Crippen MR) is 69.0 cm³/mol. The van der Waals surface area contributed by atoms with E-state index in [1.54, 1.807) is 18.6 Å². The largest absolute Gasteiger partial charge is 0.337 e. The summed E-state index contributed by atoms with van der Waals surface area (Å²) in [5.74, 6) is 0.825. The Kier molecular flexibility index (Phi) is 4.37. The molecule has 2 rings (SSSR count). The first kappa shape index (κ1) is 14.5. The van der Waals surface area contributed by atoms with Crippen LogP contribution in [0.4, 0.5) is 0 Å². The Balaban J connectivity index is 0.00000162. The van der Waals surface area contributed by atoms with E-state index in [4.69, 9.17) is 10.3 Å². The maximum atomic E-state index is 6.03. The third-order valence-corrected chi connectivity index (χ3v) is 2.43. The van der Waals surface area contributed by atoms with E-state index >= 15 is 0 Å². The number of rotatable bonds is 2. The van der Waals surface area contributed by atoms with Crippen molar-refractivity contribution in [1.29, 1.82) is 0 Å². The van der Waals surface area contributed by atoms with E-state index in [2.05, 4.69) is 20.1 Å². The van der Waals surface area contributed by atoms with Crippen LogP contribution in [0.1, 0.15) is 32.7 Å². The maximum Gasteiger partial charge on any atom is 0.244 e. The molecular formula is C11H16ClN5O. The number of halogens is 1. The van der Waals surface area contributed by atoms with Crippen molar-refractivity contribution in [1.82, 2.24) is 20.1 Å². The van der Waals surface area contributed by atoms with Gasteiger partial charge in [0.1, 0.15) is 5.69 Å². The molecule has 6 nitrogen and oxygen atoms in total. The average molecular weight is 270 g/mol. The van der Waals surface area contributed by atoms with Crippen LogP contribution in [0.3, 0.4) is 0 Å². The van der Waals surface area contributed by atoms with Crippen LogP contribution in [0.2, 0.25) is 0 Å². The van der Waals surface area contributed by atoms with Crippen molar-refractivity contribution in [2.75, 3.05) is 0 Å². The lowest BCUT2D eigenvalue weighted by atomic mass is 9.87. The zero-order valence-electron chi connectivity index (χ0n) is 10.5. The summed E-state index contributed by atoms with van der Waals surface area (Å²) in [5, 5.41) is 3.85.